The van der Waals surface area contributed by atoms with Crippen LogP contribution in [0, 0.1) is 26.7 Å². The molecule has 1 amide bonds. The largest absolute Gasteiger partial charge is 0.480 e. The van der Waals surface area contributed by atoms with Crippen LogP contribution in [0.1, 0.15) is 37.0 Å². The molecular weight excluding hydrogens is 344 g/mol. The smallest absolute Gasteiger partial charge is 0.326 e. The Bertz CT molecular complexity index is 733. The van der Waals surface area contributed by atoms with E-state index in [-0.39, 0.29) is 23.8 Å². The molecule has 0 spiro atoms. The number of sulfonamides is 1. The summed E-state index contributed by atoms with van der Waals surface area (Å²) in [5.74, 6) is -1.90. The van der Waals surface area contributed by atoms with Crippen LogP contribution >= 0.6 is 0 Å². The van der Waals surface area contributed by atoms with E-state index in [4.69, 9.17) is 5.11 Å². The molecule has 0 saturated carbocycles. The first-order valence-electron chi connectivity index (χ1n) is 8.05. The molecule has 25 heavy (non-hydrogen) atoms. The number of benzene rings is 1. The second-order valence-electron chi connectivity index (χ2n) is 6.50. The van der Waals surface area contributed by atoms with E-state index in [0.29, 0.717) is 11.1 Å². The van der Waals surface area contributed by atoms with Crippen LogP contribution in [-0.4, -0.2) is 38.0 Å². The summed E-state index contributed by atoms with van der Waals surface area (Å²) in [6.45, 7) is 8.60. The van der Waals surface area contributed by atoms with Crippen molar-refractivity contribution in [2.45, 2.75) is 52.0 Å². The van der Waals surface area contributed by atoms with Gasteiger partial charge in [0.1, 0.15) is 6.04 Å². The lowest BCUT2D eigenvalue weighted by molar-refractivity contribution is -0.143. The first-order chi connectivity index (χ1) is 11.5. The summed E-state index contributed by atoms with van der Waals surface area (Å²) in [4.78, 5) is 23.1. The van der Waals surface area contributed by atoms with Crippen LogP contribution in [0.2, 0.25) is 0 Å². The first-order valence-corrected chi connectivity index (χ1v) is 9.53. The van der Waals surface area contributed by atoms with E-state index in [0.717, 1.165) is 5.56 Å². The van der Waals surface area contributed by atoms with Crippen LogP contribution in [0.25, 0.3) is 0 Å². The molecule has 0 aliphatic heterocycles. The molecule has 0 aromatic heterocycles. The Kier molecular flexibility index (Phi) is 7.13. The molecule has 0 aliphatic rings. The van der Waals surface area contributed by atoms with Crippen molar-refractivity contribution in [3.05, 3.63) is 28.8 Å². The van der Waals surface area contributed by atoms with E-state index < -0.39 is 27.9 Å². The van der Waals surface area contributed by atoms with E-state index >= 15 is 0 Å². The van der Waals surface area contributed by atoms with Gasteiger partial charge in [-0.3, -0.25) is 4.79 Å². The number of carbonyl (C=O) groups excluding carboxylic acids is 1. The molecule has 0 fully saturated rings. The molecule has 0 heterocycles. The fourth-order valence-electron chi connectivity index (χ4n) is 2.72. The lowest BCUT2D eigenvalue weighted by atomic mass is 10.0. The van der Waals surface area contributed by atoms with Gasteiger partial charge in [0.2, 0.25) is 15.9 Å². The van der Waals surface area contributed by atoms with E-state index in [2.05, 4.69) is 10.0 Å². The molecule has 0 saturated heterocycles. The summed E-state index contributed by atoms with van der Waals surface area (Å²) in [5.41, 5.74) is 2.25. The Morgan fingerprint density at radius 1 is 1.12 bits per heavy atom. The normalized spacial score (nSPS) is 12.9. The van der Waals surface area contributed by atoms with Gasteiger partial charge in [0.05, 0.1) is 4.90 Å². The number of carboxylic acid groups (broad SMARTS) is 1. The minimum Gasteiger partial charge on any atom is -0.480 e. The summed E-state index contributed by atoms with van der Waals surface area (Å²) in [5, 5.41) is 11.5. The third kappa shape index (κ3) is 5.82. The predicted octanol–water partition coefficient (Wildman–Crippen LogP) is 1.51. The first kappa shape index (κ1) is 21.1. The van der Waals surface area contributed by atoms with Crippen LogP contribution < -0.4 is 10.0 Å². The monoisotopic (exact) mass is 370 g/mol. The van der Waals surface area contributed by atoms with E-state index in [1.807, 2.05) is 6.92 Å². The molecule has 3 N–H and O–H groups in total. The maximum atomic E-state index is 12.5. The zero-order valence-electron chi connectivity index (χ0n) is 15.2. The number of hydrogen-bond donors (Lipinski definition) is 3. The van der Waals surface area contributed by atoms with Gasteiger partial charge in [-0.15, -0.1) is 0 Å². The van der Waals surface area contributed by atoms with Gasteiger partial charge in [-0.2, -0.15) is 0 Å². The molecular formula is C17H26N2O5S. The van der Waals surface area contributed by atoms with Gasteiger partial charge < -0.3 is 10.4 Å². The minimum absolute atomic E-state index is 0.106. The molecule has 1 aromatic rings. The Morgan fingerprint density at radius 2 is 1.64 bits per heavy atom. The topological polar surface area (TPSA) is 113 Å². The van der Waals surface area contributed by atoms with Gasteiger partial charge >= 0.3 is 5.97 Å². The molecule has 1 rings (SSSR count). The van der Waals surface area contributed by atoms with E-state index in [1.54, 1.807) is 39.8 Å². The van der Waals surface area contributed by atoms with E-state index in [1.165, 1.54) is 0 Å². The van der Waals surface area contributed by atoms with Gasteiger partial charge in [0, 0.05) is 13.0 Å². The third-order valence-corrected chi connectivity index (χ3v) is 5.53. The Morgan fingerprint density at radius 3 is 2.08 bits per heavy atom. The van der Waals surface area contributed by atoms with Crippen LogP contribution in [0.3, 0.4) is 0 Å². The van der Waals surface area contributed by atoms with Crippen molar-refractivity contribution >= 4 is 21.9 Å². The fraction of sp³-hybridized carbons (Fsp3) is 0.529. The van der Waals surface area contributed by atoms with Crippen molar-refractivity contribution in [2.24, 2.45) is 5.92 Å². The van der Waals surface area contributed by atoms with Gasteiger partial charge in [0.25, 0.3) is 0 Å². The van der Waals surface area contributed by atoms with Crippen molar-refractivity contribution in [3.63, 3.8) is 0 Å². The number of carboxylic acids is 1. The number of rotatable bonds is 8. The van der Waals surface area contributed by atoms with Gasteiger partial charge in [-0.1, -0.05) is 31.5 Å². The lowest BCUT2D eigenvalue weighted by Crippen LogP contribution is -2.45. The fourth-order valence-corrected chi connectivity index (χ4v) is 4.20. The predicted molar refractivity (Wildman–Crippen MR) is 94.9 cm³/mol. The number of nitrogens with one attached hydrogen (secondary N) is 2. The maximum Gasteiger partial charge on any atom is 0.326 e. The number of aryl methyl sites for hydroxylation is 3. The molecule has 0 unspecified atom stereocenters. The van der Waals surface area contributed by atoms with Crippen molar-refractivity contribution < 1.29 is 23.1 Å². The Labute approximate surface area is 148 Å². The number of aliphatic carboxylic acids is 1. The van der Waals surface area contributed by atoms with Crippen LogP contribution in [-0.2, 0) is 19.6 Å². The number of carbonyl (C=O) groups is 2. The zero-order chi connectivity index (χ0) is 19.4. The number of amides is 1. The van der Waals surface area contributed by atoms with Crippen molar-refractivity contribution in [2.75, 3.05) is 6.54 Å². The molecule has 0 bridgehead atoms. The molecule has 0 aliphatic carbocycles. The average Bonchev–Trinajstić information content (AvgIpc) is 2.42. The summed E-state index contributed by atoms with van der Waals surface area (Å²) in [6.07, 6.45) is -0.139. The van der Waals surface area contributed by atoms with Crippen molar-refractivity contribution in [1.29, 1.82) is 0 Å². The van der Waals surface area contributed by atoms with Gasteiger partial charge in [-0.05, 0) is 37.8 Å². The third-order valence-electron chi connectivity index (χ3n) is 3.77. The highest BCUT2D eigenvalue weighted by Gasteiger charge is 2.24. The van der Waals surface area contributed by atoms with E-state index in [9.17, 15) is 18.0 Å². The van der Waals surface area contributed by atoms with Gasteiger partial charge in [0.15, 0.2) is 0 Å². The highest BCUT2D eigenvalue weighted by molar-refractivity contribution is 7.89. The summed E-state index contributed by atoms with van der Waals surface area (Å²) in [6, 6.07) is 2.58. The minimum atomic E-state index is -3.74. The zero-order valence-corrected chi connectivity index (χ0v) is 16.0. The number of hydrogen-bond acceptors (Lipinski definition) is 4. The van der Waals surface area contributed by atoms with Crippen molar-refractivity contribution in [1.82, 2.24) is 10.0 Å². The highest BCUT2D eigenvalue weighted by atomic mass is 32.2. The Balaban J connectivity index is 2.72. The molecule has 7 nitrogen and oxygen atoms in total. The Hall–Kier alpha value is -1.93. The van der Waals surface area contributed by atoms with Crippen LogP contribution in [0.15, 0.2) is 17.0 Å². The van der Waals surface area contributed by atoms with Crippen LogP contribution in [0.4, 0.5) is 0 Å². The standard InChI is InChI=1S/C17H26N2O5S/c1-10(2)15(17(21)22)19-14(20)6-7-18-25(23,24)16-12(4)8-11(3)9-13(16)5/h8-10,15,18H,6-7H2,1-5H3,(H,19,20)(H,21,22)/t15-/m0/s1. The lowest BCUT2D eigenvalue weighted by Gasteiger charge is -2.18. The molecule has 1 atom stereocenters. The quantitative estimate of drug-likeness (QED) is 0.642. The highest BCUT2D eigenvalue weighted by Crippen LogP contribution is 2.21. The second kappa shape index (κ2) is 8.44. The maximum absolute atomic E-state index is 12.5. The molecule has 8 heteroatoms. The SMILES string of the molecule is Cc1cc(C)c(S(=O)(=O)NCCC(=O)N[C@H](C(=O)O)C(C)C)c(C)c1. The van der Waals surface area contributed by atoms with Crippen molar-refractivity contribution in [3.8, 4) is 0 Å². The molecule has 140 valence electrons. The molecule has 0 radical (unpaired) electrons. The summed E-state index contributed by atoms with van der Waals surface area (Å²) >= 11 is 0. The molecule has 1 aromatic carbocycles. The summed E-state index contributed by atoms with van der Waals surface area (Å²) in [7, 11) is -3.74. The summed E-state index contributed by atoms with van der Waals surface area (Å²) < 4.78 is 27.3. The van der Waals surface area contributed by atoms with Crippen LogP contribution in [0.5, 0.6) is 0 Å². The van der Waals surface area contributed by atoms with Gasteiger partial charge in [-0.25, -0.2) is 17.9 Å². The second-order valence-corrected chi connectivity index (χ2v) is 8.21. The average molecular weight is 370 g/mol.